The van der Waals surface area contributed by atoms with Gasteiger partial charge in [-0.25, -0.2) is 9.18 Å². The smallest absolute Gasteiger partial charge is 0.338 e. The molecule has 27 heavy (non-hydrogen) atoms. The number of thiocarbonyl (C=S) groups is 1. The summed E-state index contributed by atoms with van der Waals surface area (Å²) in [5.41, 5.74) is 1.36. The summed E-state index contributed by atoms with van der Waals surface area (Å²) in [7, 11) is 0. The van der Waals surface area contributed by atoms with E-state index in [9.17, 15) is 9.18 Å². The van der Waals surface area contributed by atoms with Gasteiger partial charge in [-0.2, -0.15) is 0 Å². The SMILES string of the molecule is O=C(O)c1ccc(NC(=S)N2CCN(Cc3ccc(Br)cc3)CC2)cc1F. The van der Waals surface area contributed by atoms with E-state index in [1.807, 2.05) is 17.0 Å². The zero-order valence-corrected chi connectivity index (χ0v) is 16.9. The molecule has 1 heterocycles. The maximum Gasteiger partial charge on any atom is 0.338 e. The molecule has 0 saturated carbocycles. The Bertz CT molecular complexity index is 839. The second-order valence-corrected chi connectivity index (χ2v) is 7.62. The largest absolute Gasteiger partial charge is 0.478 e. The Morgan fingerprint density at radius 1 is 1.15 bits per heavy atom. The third-order valence-electron chi connectivity index (χ3n) is 4.43. The monoisotopic (exact) mass is 451 g/mol. The first-order valence-corrected chi connectivity index (χ1v) is 9.68. The van der Waals surface area contributed by atoms with Crippen molar-refractivity contribution in [2.24, 2.45) is 0 Å². The molecule has 0 aromatic heterocycles. The van der Waals surface area contributed by atoms with Gasteiger partial charge in [-0.3, -0.25) is 4.90 Å². The van der Waals surface area contributed by atoms with Gasteiger partial charge in [0.2, 0.25) is 0 Å². The van der Waals surface area contributed by atoms with Gasteiger partial charge < -0.3 is 15.3 Å². The maximum atomic E-state index is 13.8. The molecule has 0 spiro atoms. The molecule has 0 atom stereocenters. The van der Waals surface area contributed by atoms with Crippen LogP contribution < -0.4 is 5.32 Å². The van der Waals surface area contributed by atoms with E-state index in [1.165, 1.54) is 17.7 Å². The highest BCUT2D eigenvalue weighted by Crippen LogP contribution is 2.17. The van der Waals surface area contributed by atoms with Gasteiger partial charge in [0.25, 0.3) is 0 Å². The quantitative estimate of drug-likeness (QED) is 0.689. The molecule has 142 valence electrons. The number of piperazine rings is 1. The summed E-state index contributed by atoms with van der Waals surface area (Å²) in [6.45, 7) is 4.20. The topological polar surface area (TPSA) is 55.8 Å². The predicted molar refractivity (Wildman–Crippen MR) is 111 cm³/mol. The molecule has 0 amide bonds. The third-order valence-corrected chi connectivity index (χ3v) is 5.32. The lowest BCUT2D eigenvalue weighted by atomic mass is 10.2. The van der Waals surface area contributed by atoms with E-state index >= 15 is 0 Å². The number of carboxylic acid groups (broad SMARTS) is 1. The average molecular weight is 452 g/mol. The minimum absolute atomic E-state index is 0.354. The fraction of sp³-hybridized carbons (Fsp3) is 0.263. The fourth-order valence-corrected chi connectivity index (χ4v) is 3.49. The number of hydrogen-bond acceptors (Lipinski definition) is 3. The second kappa shape index (κ2) is 8.77. The predicted octanol–water partition coefficient (Wildman–Crippen LogP) is 3.80. The van der Waals surface area contributed by atoms with Gasteiger partial charge in [0.15, 0.2) is 5.11 Å². The number of nitrogens with one attached hydrogen (secondary N) is 1. The first-order chi connectivity index (χ1) is 12.9. The van der Waals surface area contributed by atoms with Crippen LogP contribution in [0.15, 0.2) is 46.9 Å². The van der Waals surface area contributed by atoms with E-state index in [-0.39, 0.29) is 5.56 Å². The maximum absolute atomic E-state index is 13.8. The zero-order valence-electron chi connectivity index (χ0n) is 14.5. The number of anilines is 1. The van der Waals surface area contributed by atoms with E-state index in [4.69, 9.17) is 17.3 Å². The van der Waals surface area contributed by atoms with Crippen molar-refractivity contribution in [1.29, 1.82) is 0 Å². The standard InChI is InChI=1S/C19H19BrFN3O2S/c20-14-3-1-13(2-4-14)12-23-7-9-24(10-8-23)19(27)22-15-5-6-16(18(25)26)17(21)11-15/h1-6,11H,7-10,12H2,(H,22,27)(H,25,26). The second-order valence-electron chi connectivity index (χ2n) is 6.32. The summed E-state index contributed by atoms with van der Waals surface area (Å²) < 4.78 is 14.9. The molecule has 1 aliphatic rings. The molecule has 1 saturated heterocycles. The van der Waals surface area contributed by atoms with Gasteiger partial charge in [-0.05, 0) is 48.1 Å². The Morgan fingerprint density at radius 2 is 1.81 bits per heavy atom. The molecule has 0 radical (unpaired) electrons. The lowest BCUT2D eigenvalue weighted by Gasteiger charge is -2.36. The molecule has 2 N–H and O–H groups in total. The van der Waals surface area contributed by atoms with E-state index in [0.717, 1.165) is 43.3 Å². The first-order valence-electron chi connectivity index (χ1n) is 8.48. The molecule has 8 heteroatoms. The third kappa shape index (κ3) is 5.24. The minimum Gasteiger partial charge on any atom is -0.478 e. The number of benzene rings is 2. The van der Waals surface area contributed by atoms with Gasteiger partial charge in [0.1, 0.15) is 5.82 Å². The van der Waals surface area contributed by atoms with Crippen LogP contribution in [0.3, 0.4) is 0 Å². The Hall–Kier alpha value is -2.03. The number of nitrogens with zero attached hydrogens (tertiary/aromatic N) is 2. The number of carbonyl (C=O) groups is 1. The van der Waals surface area contributed by atoms with Crippen molar-refractivity contribution in [3.05, 3.63) is 63.9 Å². The van der Waals surface area contributed by atoms with Gasteiger partial charge >= 0.3 is 5.97 Å². The molecule has 1 aliphatic heterocycles. The molecule has 0 aliphatic carbocycles. The first kappa shape index (κ1) is 19.7. The summed E-state index contributed by atoms with van der Waals surface area (Å²) in [6.07, 6.45) is 0. The molecular weight excluding hydrogens is 433 g/mol. The highest BCUT2D eigenvalue weighted by molar-refractivity contribution is 9.10. The van der Waals surface area contributed by atoms with Crippen LogP contribution >= 0.6 is 28.1 Å². The van der Waals surface area contributed by atoms with Gasteiger partial charge in [0, 0.05) is 42.9 Å². The van der Waals surface area contributed by atoms with Crippen molar-refractivity contribution in [3.8, 4) is 0 Å². The molecule has 5 nitrogen and oxygen atoms in total. The molecule has 2 aromatic rings. The van der Waals surface area contributed by atoms with Crippen LogP contribution in [-0.4, -0.2) is 52.2 Å². The normalized spacial score (nSPS) is 14.8. The van der Waals surface area contributed by atoms with Crippen molar-refractivity contribution in [2.45, 2.75) is 6.54 Å². The molecule has 2 aromatic carbocycles. The Morgan fingerprint density at radius 3 is 2.41 bits per heavy atom. The molecular formula is C19H19BrFN3O2S. The number of carboxylic acids is 1. The van der Waals surface area contributed by atoms with Crippen LogP contribution in [0.25, 0.3) is 0 Å². The van der Waals surface area contributed by atoms with Crippen molar-refractivity contribution >= 4 is 44.9 Å². The van der Waals surface area contributed by atoms with E-state index < -0.39 is 11.8 Å². The average Bonchev–Trinajstić information content (AvgIpc) is 2.64. The molecule has 1 fully saturated rings. The van der Waals surface area contributed by atoms with Crippen LogP contribution in [0.1, 0.15) is 15.9 Å². The summed E-state index contributed by atoms with van der Waals surface area (Å²) in [6, 6.07) is 12.2. The highest BCUT2D eigenvalue weighted by atomic mass is 79.9. The van der Waals surface area contributed by atoms with E-state index in [2.05, 4.69) is 38.3 Å². The number of rotatable bonds is 4. The highest BCUT2D eigenvalue weighted by Gasteiger charge is 2.19. The number of hydrogen-bond donors (Lipinski definition) is 2. The molecule has 3 rings (SSSR count). The lowest BCUT2D eigenvalue weighted by Crippen LogP contribution is -2.49. The van der Waals surface area contributed by atoms with E-state index in [0.29, 0.717) is 10.8 Å². The van der Waals surface area contributed by atoms with Gasteiger partial charge in [0.05, 0.1) is 5.56 Å². The van der Waals surface area contributed by atoms with Gasteiger partial charge in [-0.15, -0.1) is 0 Å². The molecule has 0 bridgehead atoms. The Labute approximate surface area is 170 Å². The van der Waals surface area contributed by atoms with Crippen LogP contribution in [0.4, 0.5) is 10.1 Å². The van der Waals surface area contributed by atoms with Crippen LogP contribution in [-0.2, 0) is 6.54 Å². The van der Waals surface area contributed by atoms with Crippen LogP contribution in [0, 0.1) is 5.82 Å². The van der Waals surface area contributed by atoms with Crippen LogP contribution in [0.2, 0.25) is 0 Å². The molecule has 0 unspecified atom stereocenters. The Balaban J connectivity index is 1.51. The summed E-state index contributed by atoms with van der Waals surface area (Å²) in [4.78, 5) is 15.3. The van der Waals surface area contributed by atoms with Crippen molar-refractivity contribution in [3.63, 3.8) is 0 Å². The number of aromatic carboxylic acids is 1. The van der Waals surface area contributed by atoms with Gasteiger partial charge in [-0.1, -0.05) is 28.1 Å². The fourth-order valence-electron chi connectivity index (χ4n) is 2.93. The Kier molecular flexibility index (Phi) is 6.41. The lowest BCUT2D eigenvalue weighted by molar-refractivity contribution is 0.0692. The van der Waals surface area contributed by atoms with Crippen molar-refractivity contribution < 1.29 is 14.3 Å². The van der Waals surface area contributed by atoms with Crippen molar-refractivity contribution in [2.75, 3.05) is 31.5 Å². The minimum atomic E-state index is -1.29. The summed E-state index contributed by atoms with van der Waals surface area (Å²) in [5, 5.41) is 12.4. The van der Waals surface area contributed by atoms with Crippen LogP contribution in [0.5, 0.6) is 0 Å². The van der Waals surface area contributed by atoms with Crippen molar-refractivity contribution in [1.82, 2.24) is 9.80 Å². The zero-order chi connectivity index (χ0) is 19.4. The summed E-state index contributed by atoms with van der Waals surface area (Å²) >= 11 is 8.86. The number of halogens is 2. The van der Waals surface area contributed by atoms with E-state index in [1.54, 1.807) is 0 Å². The summed E-state index contributed by atoms with van der Waals surface area (Å²) in [5.74, 6) is -2.07.